The Morgan fingerprint density at radius 3 is 2.57 bits per heavy atom. The van der Waals surface area contributed by atoms with Crippen LogP contribution in [0.25, 0.3) is 10.9 Å². The first-order valence-electron chi connectivity index (χ1n) is 10.4. The summed E-state index contributed by atoms with van der Waals surface area (Å²) in [6.45, 7) is 4.80. The smallest absolute Gasteiger partial charge is 0.124 e. The van der Waals surface area contributed by atoms with Crippen LogP contribution in [0.15, 0.2) is 48.7 Å². The summed E-state index contributed by atoms with van der Waals surface area (Å²) in [5.41, 5.74) is 3.40. The summed E-state index contributed by atoms with van der Waals surface area (Å²) < 4.78 is 15.5. The van der Waals surface area contributed by atoms with Crippen LogP contribution in [0.5, 0.6) is 0 Å². The monoisotopic (exact) mass is 400 g/mol. The van der Waals surface area contributed by atoms with Crippen molar-refractivity contribution in [2.75, 3.05) is 6.54 Å². The molecular weight excluding hydrogens is 371 g/mol. The van der Waals surface area contributed by atoms with Gasteiger partial charge in [-0.15, -0.1) is 0 Å². The topological polar surface area (TPSA) is 17.0 Å². The maximum atomic E-state index is 13.3. The Labute approximate surface area is 172 Å². The molecule has 2 aromatic carbocycles. The van der Waals surface area contributed by atoms with Gasteiger partial charge in [0.2, 0.25) is 0 Å². The van der Waals surface area contributed by atoms with E-state index >= 15 is 0 Å². The van der Waals surface area contributed by atoms with Gasteiger partial charge >= 0.3 is 0 Å². The van der Waals surface area contributed by atoms with Crippen LogP contribution in [0.4, 0.5) is 4.39 Å². The van der Waals surface area contributed by atoms with Gasteiger partial charge in [-0.25, -0.2) is 4.39 Å². The zero-order valence-electron chi connectivity index (χ0n) is 16.7. The molecule has 3 aromatic rings. The summed E-state index contributed by atoms with van der Waals surface area (Å²) in [5, 5.41) is 5.32. The van der Waals surface area contributed by atoms with Gasteiger partial charge in [0.1, 0.15) is 5.82 Å². The summed E-state index contributed by atoms with van der Waals surface area (Å²) in [6.07, 6.45) is 10.1. The van der Waals surface area contributed by atoms with Gasteiger partial charge in [-0.3, -0.25) is 0 Å². The van der Waals surface area contributed by atoms with Crippen molar-refractivity contribution in [2.45, 2.75) is 58.5 Å². The second-order valence-electron chi connectivity index (χ2n) is 7.48. The fraction of sp³-hybridized carbons (Fsp3) is 0.417. The number of benzene rings is 2. The number of rotatable bonds is 11. The molecule has 0 aliphatic heterocycles. The van der Waals surface area contributed by atoms with Crippen LogP contribution in [0, 0.1) is 5.82 Å². The number of halogens is 2. The molecule has 4 heteroatoms. The van der Waals surface area contributed by atoms with Gasteiger partial charge in [0.05, 0.1) is 0 Å². The van der Waals surface area contributed by atoms with Crippen molar-refractivity contribution in [3.8, 4) is 0 Å². The Balaban J connectivity index is 1.62. The standard InChI is InChI=1S/C24H30ClFN2/c1-2-3-4-5-6-9-14-27-16-20-18-28(24-11-8-7-10-22(20)24)17-19-12-13-21(26)15-23(19)25/h7-8,10-13,15,18,27H,2-6,9,14,16-17H2,1H3. The summed E-state index contributed by atoms with van der Waals surface area (Å²) in [7, 11) is 0. The highest BCUT2D eigenvalue weighted by molar-refractivity contribution is 6.31. The molecule has 3 rings (SSSR count). The van der Waals surface area contributed by atoms with E-state index in [0.717, 1.165) is 18.7 Å². The van der Waals surface area contributed by atoms with Crippen molar-refractivity contribution in [3.05, 3.63) is 70.6 Å². The van der Waals surface area contributed by atoms with Crippen molar-refractivity contribution in [2.24, 2.45) is 0 Å². The molecule has 150 valence electrons. The van der Waals surface area contributed by atoms with E-state index in [4.69, 9.17) is 11.6 Å². The predicted molar refractivity (Wildman–Crippen MR) is 118 cm³/mol. The molecule has 0 fully saturated rings. The molecule has 1 N–H and O–H groups in total. The van der Waals surface area contributed by atoms with Gasteiger partial charge in [0, 0.05) is 35.2 Å². The maximum absolute atomic E-state index is 13.3. The van der Waals surface area contributed by atoms with Gasteiger partial charge < -0.3 is 9.88 Å². The number of fused-ring (bicyclic) bond motifs is 1. The van der Waals surface area contributed by atoms with Gasteiger partial charge in [-0.2, -0.15) is 0 Å². The van der Waals surface area contributed by atoms with E-state index in [-0.39, 0.29) is 5.82 Å². The summed E-state index contributed by atoms with van der Waals surface area (Å²) >= 11 is 6.24. The molecular formula is C24H30ClFN2. The number of nitrogens with zero attached hydrogens (tertiary/aromatic N) is 1. The number of unbranched alkanes of at least 4 members (excludes halogenated alkanes) is 5. The van der Waals surface area contributed by atoms with Gasteiger partial charge in [-0.05, 0) is 42.3 Å². The zero-order valence-corrected chi connectivity index (χ0v) is 17.4. The lowest BCUT2D eigenvalue weighted by atomic mass is 10.1. The molecule has 1 aromatic heterocycles. The van der Waals surface area contributed by atoms with Gasteiger partial charge in [-0.1, -0.05) is 74.9 Å². The zero-order chi connectivity index (χ0) is 19.8. The van der Waals surface area contributed by atoms with Crippen LogP contribution in [0.2, 0.25) is 5.02 Å². The fourth-order valence-electron chi connectivity index (χ4n) is 3.68. The minimum atomic E-state index is -0.300. The highest BCUT2D eigenvalue weighted by Crippen LogP contribution is 2.25. The van der Waals surface area contributed by atoms with E-state index in [1.807, 2.05) is 0 Å². The van der Waals surface area contributed by atoms with Crippen LogP contribution in [0.3, 0.4) is 0 Å². The molecule has 0 amide bonds. The van der Waals surface area contributed by atoms with E-state index in [0.29, 0.717) is 11.6 Å². The minimum absolute atomic E-state index is 0.300. The predicted octanol–water partition coefficient (Wildman–Crippen LogP) is 6.93. The van der Waals surface area contributed by atoms with Crippen LogP contribution in [-0.4, -0.2) is 11.1 Å². The Kier molecular flexibility index (Phi) is 7.93. The molecule has 2 nitrogen and oxygen atoms in total. The highest BCUT2D eigenvalue weighted by atomic mass is 35.5. The third-order valence-corrected chi connectivity index (χ3v) is 5.60. The molecule has 28 heavy (non-hydrogen) atoms. The minimum Gasteiger partial charge on any atom is -0.343 e. The molecule has 1 heterocycles. The van der Waals surface area contributed by atoms with E-state index in [1.54, 1.807) is 6.07 Å². The number of hydrogen-bond acceptors (Lipinski definition) is 1. The molecule has 0 saturated heterocycles. The molecule has 0 saturated carbocycles. The van der Waals surface area contributed by atoms with Crippen LogP contribution in [-0.2, 0) is 13.1 Å². The Morgan fingerprint density at radius 1 is 0.964 bits per heavy atom. The second kappa shape index (κ2) is 10.6. The Morgan fingerprint density at radius 2 is 1.75 bits per heavy atom. The second-order valence-corrected chi connectivity index (χ2v) is 7.89. The summed E-state index contributed by atoms with van der Waals surface area (Å²) in [4.78, 5) is 0. The lowest BCUT2D eigenvalue weighted by Crippen LogP contribution is -2.14. The number of aromatic nitrogens is 1. The average Bonchev–Trinajstić information content (AvgIpc) is 3.04. The Bertz CT molecular complexity index is 887. The third kappa shape index (κ3) is 5.59. The van der Waals surface area contributed by atoms with E-state index in [1.165, 1.54) is 67.1 Å². The normalized spacial score (nSPS) is 11.4. The fourth-order valence-corrected chi connectivity index (χ4v) is 3.91. The Hall–Kier alpha value is -1.84. The average molecular weight is 401 g/mol. The van der Waals surface area contributed by atoms with Gasteiger partial charge in [0.15, 0.2) is 0 Å². The quantitative estimate of drug-likeness (QED) is 0.345. The van der Waals surface area contributed by atoms with Gasteiger partial charge in [0.25, 0.3) is 0 Å². The first-order valence-corrected chi connectivity index (χ1v) is 10.8. The maximum Gasteiger partial charge on any atom is 0.124 e. The van der Waals surface area contributed by atoms with E-state index in [2.05, 4.69) is 47.3 Å². The third-order valence-electron chi connectivity index (χ3n) is 5.25. The SMILES string of the molecule is CCCCCCCCNCc1cn(Cc2ccc(F)cc2Cl)c2ccccc12. The van der Waals surface area contributed by atoms with E-state index in [9.17, 15) is 4.39 Å². The van der Waals surface area contributed by atoms with Crippen molar-refractivity contribution in [1.82, 2.24) is 9.88 Å². The number of nitrogens with one attached hydrogen (secondary N) is 1. The van der Waals surface area contributed by atoms with Crippen LogP contribution < -0.4 is 5.32 Å². The number of para-hydroxylation sites is 1. The molecule has 0 atom stereocenters. The first kappa shape index (κ1) is 20.9. The lowest BCUT2D eigenvalue weighted by Gasteiger charge is -2.07. The molecule has 0 bridgehead atoms. The molecule has 0 aliphatic rings. The molecule has 0 spiro atoms. The summed E-state index contributed by atoms with van der Waals surface area (Å²) in [6, 6.07) is 13.0. The van der Waals surface area contributed by atoms with Crippen molar-refractivity contribution in [1.29, 1.82) is 0 Å². The molecule has 0 aliphatic carbocycles. The van der Waals surface area contributed by atoms with Crippen LogP contribution >= 0.6 is 11.6 Å². The lowest BCUT2D eigenvalue weighted by molar-refractivity contribution is 0.572. The molecule has 0 unspecified atom stereocenters. The largest absolute Gasteiger partial charge is 0.343 e. The molecule has 0 radical (unpaired) electrons. The number of hydrogen-bond donors (Lipinski definition) is 1. The van der Waals surface area contributed by atoms with Crippen molar-refractivity contribution in [3.63, 3.8) is 0 Å². The van der Waals surface area contributed by atoms with E-state index < -0.39 is 0 Å². The van der Waals surface area contributed by atoms with Crippen molar-refractivity contribution >= 4 is 22.5 Å². The van der Waals surface area contributed by atoms with Crippen LogP contribution in [0.1, 0.15) is 56.6 Å². The highest BCUT2D eigenvalue weighted by Gasteiger charge is 2.10. The summed E-state index contributed by atoms with van der Waals surface area (Å²) in [5.74, 6) is -0.300. The van der Waals surface area contributed by atoms with Crippen molar-refractivity contribution < 1.29 is 4.39 Å². The first-order chi connectivity index (χ1) is 13.7.